The molecule has 0 unspecified atom stereocenters. The summed E-state index contributed by atoms with van der Waals surface area (Å²) in [5.41, 5.74) is 1.37. The summed E-state index contributed by atoms with van der Waals surface area (Å²) in [5, 5.41) is 0.680. The highest BCUT2D eigenvalue weighted by Crippen LogP contribution is 2.33. The first-order valence-corrected chi connectivity index (χ1v) is 9.95. The third-order valence-electron chi connectivity index (χ3n) is 5.96. The Balaban J connectivity index is 1.34. The number of H-pyrrole nitrogens is 1. The van der Waals surface area contributed by atoms with Crippen molar-refractivity contribution in [3.8, 4) is 5.75 Å². The largest absolute Gasteiger partial charge is 0.489 e. The third kappa shape index (κ3) is 3.18. The van der Waals surface area contributed by atoms with Gasteiger partial charge in [0.05, 0.1) is 11.1 Å². The van der Waals surface area contributed by atoms with Crippen LogP contribution in [0.1, 0.15) is 40.1 Å². The summed E-state index contributed by atoms with van der Waals surface area (Å²) in [6.45, 7) is 1.17. The molecule has 1 amide bonds. The van der Waals surface area contributed by atoms with Crippen LogP contribution in [0.3, 0.4) is 0 Å². The van der Waals surface area contributed by atoms with Crippen LogP contribution in [0.4, 0.5) is 4.39 Å². The molecule has 2 atom stereocenters. The third-order valence-corrected chi connectivity index (χ3v) is 5.96. The van der Waals surface area contributed by atoms with E-state index in [1.807, 2.05) is 18.2 Å². The molecule has 29 heavy (non-hydrogen) atoms. The van der Waals surface area contributed by atoms with Crippen LogP contribution in [-0.4, -0.2) is 40.8 Å². The fraction of sp³-hybridized carbons (Fsp3) is 0.304. The number of nitrogens with zero attached hydrogens (tertiary/aromatic N) is 1. The maximum Gasteiger partial charge on any atom is 0.270 e. The highest BCUT2D eigenvalue weighted by molar-refractivity contribution is 6.00. The number of piperidine rings is 1. The van der Waals surface area contributed by atoms with Crippen molar-refractivity contribution >= 4 is 22.6 Å². The van der Waals surface area contributed by atoms with Gasteiger partial charge in [0.2, 0.25) is 0 Å². The minimum Gasteiger partial charge on any atom is -0.489 e. The van der Waals surface area contributed by atoms with Crippen LogP contribution in [0.25, 0.3) is 10.9 Å². The molecule has 2 aliphatic rings. The van der Waals surface area contributed by atoms with Crippen LogP contribution in [0.15, 0.2) is 48.5 Å². The van der Waals surface area contributed by atoms with Gasteiger partial charge in [-0.2, -0.15) is 0 Å². The lowest BCUT2D eigenvalue weighted by atomic mass is 9.87. The molecule has 3 aromatic rings. The number of aromatic nitrogens is 1. The molecular weight excluding hydrogens is 371 g/mol. The molecule has 5 rings (SSSR count). The first-order chi connectivity index (χ1) is 14.1. The molecule has 1 N–H and O–H groups in total. The standard InChI is InChI=1S/C23H21FN2O3/c24-17-8-3-5-14-11-18(25-22(14)17)23(28)26-10-4-6-15(13-26)21-12-19(27)16-7-1-2-9-20(16)29-21/h1-3,5,7-9,11,15,21,25H,4,6,10,12-13H2/t15-,21-/m0/s1. The number of ether oxygens (including phenoxy) is 1. The predicted octanol–water partition coefficient (Wildman–Crippen LogP) is 4.19. The summed E-state index contributed by atoms with van der Waals surface area (Å²) < 4.78 is 20.1. The number of carbonyl (C=O) groups excluding carboxylic acids is 2. The van der Waals surface area contributed by atoms with Crippen LogP contribution in [0, 0.1) is 11.7 Å². The van der Waals surface area contributed by atoms with E-state index in [2.05, 4.69) is 4.98 Å². The molecule has 3 heterocycles. The zero-order valence-electron chi connectivity index (χ0n) is 15.9. The van der Waals surface area contributed by atoms with E-state index in [-0.39, 0.29) is 29.5 Å². The average molecular weight is 392 g/mol. The van der Waals surface area contributed by atoms with E-state index in [0.717, 1.165) is 12.8 Å². The van der Waals surface area contributed by atoms with Gasteiger partial charge in [0, 0.05) is 30.8 Å². The zero-order valence-corrected chi connectivity index (χ0v) is 15.9. The van der Waals surface area contributed by atoms with E-state index < -0.39 is 0 Å². The van der Waals surface area contributed by atoms with E-state index in [0.29, 0.717) is 47.4 Å². The summed E-state index contributed by atoms with van der Waals surface area (Å²) >= 11 is 0. The molecule has 1 saturated heterocycles. The maximum atomic E-state index is 14.0. The van der Waals surface area contributed by atoms with Crippen molar-refractivity contribution in [1.29, 1.82) is 0 Å². The zero-order chi connectivity index (χ0) is 20.0. The monoisotopic (exact) mass is 392 g/mol. The minimum absolute atomic E-state index is 0.0890. The van der Waals surface area contributed by atoms with Crippen LogP contribution in [-0.2, 0) is 0 Å². The number of halogens is 1. The van der Waals surface area contributed by atoms with Crippen molar-refractivity contribution in [2.24, 2.45) is 5.92 Å². The molecule has 0 aliphatic carbocycles. The van der Waals surface area contributed by atoms with E-state index in [1.54, 1.807) is 29.2 Å². The number of Topliss-reactive ketones (excluding diaryl/α,β-unsaturated/α-hetero) is 1. The molecule has 0 spiro atoms. The second-order valence-corrected chi connectivity index (χ2v) is 7.82. The molecule has 0 bridgehead atoms. The van der Waals surface area contributed by atoms with Crippen molar-refractivity contribution in [3.05, 3.63) is 65.6 Å². The number of para-hydroxylation sites is 2. The molecule has 148 valence electrons. The van der Waals surface area contributed by atoms with Crippen molar-refractivity contribution in [2.45, 2.75) is 25.4 Å². The lowest BCUT2D eigenvalue weighted by Crippen LogP contribution is -2.46. The number of hydrogen-bond donors (Lipinski definition) is 1. The molecule has 6 heteroatoms. The number of likely N-dealkylation sites (tertiary alicyclic amines) is 1. The number of ketones is 1. The number of rotatable bonds is 2. The summed E-state index contributed by atoms with van der Waals surface area (Å²) in [5.74, 6) is 0.291. The van der Waals surface area contributed by atoms with Gasteiger partial charge in [-0.05, 0) is 37.1 Å². The summed E-state index contributed by atoms with van der Waals surface area (Å²) in [4.78, 5) is 30.2. The van der Waals surface area contributed by atoms with Gasteiger partial charge in [-0.15, -0.1) is 0 Å². The van der Waals surface area contributed by atoms with Crippen molar-refractivity contribution < 1.29 is 18.7 Å². The summed E-state index contributed by atoms with van der Waals surface area (Å²) in [6.07, 6.45) is 1.86. The molecule has 2 aliphatic heterocycles. The minimum atomic E-state index is -0.370. The maximum absolute atomic E-state index is 14.0. The number of benzene rings is 2. The molecule has 1 fully saturated rings. The Morgan fingerprint density at radius 3 is 2.90 bits per heavy atom. The van der Waals surface area contributed by atoms with E-state index in [4.69, 9.17) is 4.74 Å². The van der Waals surface area contributed by atoms with Crippen LogP contribution in [0.2, 0.25) is 0 Å². The second kappa shape index (κ2) is 7.03. The van der Waals surface area contributed by atoms with Gasteiger partial charge >= 0.3 is 0 Å². The molecule has 0 radical (unpaired) electrons. The highest BCUT2D eigenvalue weighted by atomic mass is 19.1. The quantitative estimate of drug-likeness (QED) is 0.711. The van der Waals surface area contributed by atoms with Crippen molar-refractivity contribution in [1.82, 2.24) is 9.88 Å². The Kier molecular flexibility index (Phi) is 4.34. The van der Waals surface area contributed by atoms with E-state index in [1.165, 1.54) is 6.07 Å². The van der Waals surface area contributed by atoms with Gasteiger partial charge < -0.3 is 14.6 Å². The van der Waals surface area contributed by atoms with Gasteiger partial charge in [0.25, 0.3) is 5.91 Å². The van der Waals surface area contributed by atoms with Crippen LogP contribution >= 0.6 is 0 Å². The van der Waals surface area contributed by atoms with Gasteiger partial charge in [-0.1, -0.05) is 24.3 Å². The number of fused-ring (bicyclic) bond motifs is 2. The fourth-order valence-corrected chi connectivity index (χ4v) is 4.46. The normalized spacial score (nSPS) is 21.7. The first kappa shape index (κ1) is 17.9. The average Bonchev–Trinajstić information content (AvgIpc) is 3.19. The van der Waals surface area contributed by atoms with Crippen molar-refractivity contribution in [3.63, 3.8) is 0 Å². The smallest absolute Gasteiger partial charge is 0.270 e. The Morgan fingerprint density at radius 2 is 2.03 bits per heavy atom. The number of nitrogens with one attached hydrogen (secondary N) is 1. The van der Waals surface area contributed by atoms with Gasteiger partial charge in [0.15, 0.2) is 5.78 Å². The Labute approximate surface area is 167 Å². The SMILES string of the molecule is O=C1C[C@@H]([C@H]2CCCN(C(=O)c3cc4cccc(F)c4[nH]3)C2)Oc2ccccc21. The molecule has 1 aromatic heterocycles. The van der Waals surface area contributed by atoms with Gasteiger partial charge in [-0.25, -0.2) is 4.39 Å². The number of hydrogen-bond acceptors (Lipinski definition) is 3. The van der Waals surface area contributed by atoms with Crippen LogP contribution in [0.5, 0.6) is 5.75 Å². The highest BCUT2D eigenvalue weighted by Gasteiger charge is 2.36. The van der Waals surface area contributed by atoms with Crippen LogP contribution < -0.4 is 4.74 Å². The Morgan fingerprint density at radius 1 is 1.17 bits per heavy atom. The lowest BCUT2D eigenvalue weighted by Gasteiger charge is -2.38. The molecule has 5 nitrogen and oxygen atoms in total. The summed E-state index contributed by atoms with van der Waals surface area (Å²) in [7, 11) is 0. The Bertz CT molecular complexity index is 1110. The molecular formula is C23H21FN2O3. The molecule has 0 saturated carbocycles. The second-order valence-electron chi connectivity index (χ2n) is 7.82. The predicted molar refractivity (Wildman–Crippen MR) is 107 cm³/mol. The van der Waals surface area contributed by atoms with Crippen molar-refractivity contribution in [2.75, 3.05) is 13.1 Å². The summed E-state index contributed by atoms with van der Waals surface area (Å²) in [6, 6.07) is 13.8. The topological polar surface area (TPSA) is 62.4 Å². The lowest BCUT2D eigenvalue weighted by molar-refractivity contribution is 0.0406. The van der Waals surface area contributed by atoms with E-state index in [9.17, 15) is 14.0 Å². The van der Waals surface area contributed by atoms with Gasteiger partial charge in [0.1, 0.15) is 23.4 Å². The fourth-order valence-electron chi connectivity index (χ4n) is 4.46. The first-order valence-electron chi connectivity index (χ1n) is 9.95. The van der Waals surface area contributed by atoms with E-state index >= 15 is 0 Å². The van der Waals surface area contributed by atoms with Gasteiger partial charge in [-0.3, -0.25) is 9.59 Å². The molecule has 2 aromatic carbocycles. The number of amides is 1. The number of carbonyl (C=O) groups is 2. The Hall–Kier alpha value is -3.15. The number of aromatic amines is 1.